The van der Waals surface area contributed by atoms with Gasteiger partial charge in [-0.25, -0.2) is 0 Å². The highest BCUT2D eigenvalue weighted by molar-refractivity contribution is 5.22. The Bertz CT molecular complexity index is 307. The lowest BCUT2D eigenvalue weighted by Crippen LogP contribution is -2.39. The van der Waals surface area contributed by atoms with Gasteiger partial charge in [0.1, 0.15) is 0 Å². The van der Waals surface area contributed by atoms with Gasteiger partial charge >= 0.3 is 0 Å². The molecule has 96 valence electrons. The van der Waals surface area contributed by atoms with Gasteiger partial charge < -0.3 is 14.8 Å². The van der Waals surface area contributed by atoms with Crippen molar-refractivity contribution in [3.63, 3.8) is 0 Å². The zero-order chi connectivity index (χ0) is 12.7. The van der Waals surface area contributed by atoms with Crippen LogP contribution in [0.1, 0.15) is 25.0 Å². The maximum atomic E-state index is 5.20. The lowest BCUT2D eigenvalue weighted by atomic mass is 10.1. The summed E-state index contributed by atoms with van der Waals surface area (Å²) in [5.41, 5.74) is 2.65. The van der Waals surface area contributed by atoms with E-state index in [1.165, 1.54) is 11.1 Å². The number of ether oxygens (including phenoxy) is 2. The van der Waals surface area contributed by atoms with Crippen molar-refractivity contribution >= 4 is 0 Å². The third-order valence-electron chi connectivity index (χ3n) is 2.93. The highest BCUT2D eigenvalue weighted by Crippen LogP contribution is 2.06. The van der Waals surface area contributed by atoms with Crippen LogP contribution in [0, 0.1) is 0 Å². The van der Waals surface area contributed by atoms with E-state index in [-0.39, 0.29) is 12.3 Å². The minimum absolute atomic E-state index is 0.163. The van der Waals surface area contributed by atoms with Crippen LogP contribution in [0.15, 0.2) is 24.3 Å². The molecule has 3 nitrogen and oxygen atoms in total. The Kier molecular flexibility index (Phi) is 6.19. The van der Waals surface area contributed by atoms with Crippen LogP contribution in [0.25, 0.3) is 0 Å². The fraction of sp³-hybridized carbons (Fsp3) is 0.571. The molecule has 0 fully saturated rings. The van der Waals surface area contributed by atoms with E-state index in [0.717, 1.165) is 13.0 Å². The van der Waals surface area contributed by atoms with Crippen molar-refractivity contribution in [3.8, 4) is 0 Å². The quantitative estimate of drug-likeness (QED) is 0.738. The summed E-state index contributed by atoms with van der Waals surface area (Å²) in [6.07, 6.45) is 0.879. The highest BCUT2D eigenvalue weighted by atomic mass is 16.7. The topological polar surface area (TPSA) is 30.5 Å². The molecule has 0 bridgehead atoms. The number of benzene rings is 1. The summed E-state index contributed by atoms with van der Waals surface area (Å²) in [4.78, 5) is 0. The average molecular weight is 237 g/mol. The molecular weight excluding hydrogens is 214 g/mol. The van der Waals surface area contributed by atoms with Gasteiger partial charge in [0, 0.05) is 20.8 Å². The Morgan fingerprint density at radius 2 is 1.59 bits per heavy atom. The lowest BCUT2D eigenvalue weighted by Gasteiger charge is -2.22. The Balaban J connectivity index is 2.43. The van der Waals surface area contributed by atoms with Gasteiger partial charge in [0.05, 0.1) is 6.04 Å². The second kappa shape index (κ2) is 7.43. The monoisotopic (exact) mass is 237 g/mol. The van der Waals surface area contributed by atoms with Crippen LogP contribution in [0.4, 0.5) is 0 Å². The Morgan fingerprint density at radius 1 is 1.06 bits per heavy atom. The molecule has 1 N–H and O–H groups in total. The fourth-order valence-corrected chi connectivity index (χ4v) is 1.77. The van der Waals surface area contributed by atoms with Crippen LogP contribution in [0.2, 0.25) is 0 Å². The molecule has 1 rings (SSSR count). The van der Waals surface area contributed by atoms with Crippen molar-refractivity contribution in [2.75, 3.05) is 14.2 Å². The molecule has 0 heterocycles. The van der Waals surface area contributed by atoms with Crippen LogP contribution in [-0.4, -0.2) is 26.6 Å². The molecule has 0 amide bonds. The summed E-state index contributed by atoms with van der Waals surface area (Å²) < 4.78 is 10.4. The smallest absolute Gasteiger partial charge is 0.171 e. The molecule has 1 unspecified atom stereocenters. The molecule has 1 atom stereocenters. The maximum absolute atomic E-state index is 5.20. The van der Waals surface area contributed by atoms with Crippen molar-refractivity contribution in [1.29, 1.82) is 0 Å². The molecular formula is C14H23NO2. The van der Waals surface area contributed by atoms with Gasteiger partial charge in [0.2, 0.25) is 0 Å². The van der Waals surface area contributed by atoms with E-state index >= 15 is 0 Å². The summed E-state index contributed by atoms with van der Waals surface area (Å²) in [5.74, 6) is 0. The summed E-state index contributed by atoms with van der Waals surface area (Å²) >= 11 is 0. The lowest BCUT2D eigenvalue weighted by molar-refractivity contribution is -0.119. The normalized spacial score (nSPS) is 13.0. The first-order valence-corrected chi connectivity index (χ1v) is 6.08. The zero-order valence-electron chi connectivity index (χ0n) is 11.2. The first-order valence-electron chi connectivity index (χ1n) is 6.08. The molecule has 0 radical (unpaired) electrons. The Labute approximate surface area is 104 Å². The van der Waals surface area contributed by atoms with Crippen LogP contribution >= 0.6 is 0 Å². The first kappa shape index (κ1) is 14.2. The molecule has 0 aromatic heterocycles. The largest absolute Gasteiger partial charge is 0.354 e. The van der Waals surface area contributed by atoms with Gasteiger partial charge in [-0.2, -0.15) is 0 Å². The zero-order valence-corrected chi connectivity index (χ0v) is 11.2. The van der Waals surface area contributed by atoms with Crippen molar-refractivity contribution in [2.24, 2.45) is 0 Å². The van der Waals surface area contributed by atoms with E-state index < -0.39 is 0 Å². The molecule has 0 saturated heterocycles. The summed E-state index contributed by atoms with van der Waals surface area (Å²) in [5, 5.41) is 3.39. The van der Waals surface area contributed by atoms with Gasteiger partial charge in [-0.3, -0.25) is 0 Å². The van der Waals surface area contributed by atoms with Gasteiger partial charge in [0.25, 0.3) is 0 Å². The molecule has 0 saturated carbocycles. The van der Waals surface area contributed by atoms with E-state index in [4.69, 9.17) is 9.47 Å². The average Bonchev–Trinajstić information content (AvgIpc) is 2.38. The number of hydrogen-bond donors (Lipinski definition) is 1. The minimum Gasteiger partial charge on any atom is -0.354 e. The van der Waals surface area contributed by atoms with Crippen LogP contribution < -0.4 is 5.32 Å². The van der Waals surface area contributed by atoms with Gasteiger partial charge in [0.15, 0.2) is 6.29 Å². The van der Waals surface area contributed by atoms with E-state index in [1.807, 2.05) is 0 Å². The third-order valence-corrected chi connectivity index (χ3v) is 2.93. The molecule has 1 aromatic carbocycles. The molecule has 0 aliphatic heterocycles. The van der Waals surface area contributed by atoms with E-state index in [0.29, 0.717) is 0 Å². The van der Waals surface area contributed by atoms with Crippen LogP contribution in [0.5, 0.6) is 0 Å². The molecule has 1 aromatic rings. The second-order valence-corrected chi connectivity index (χ2v) is 4.18. The van der Waals surface area contributed by atoms with E-state index in [1.54, 1.807) is 14.2 Å². The standard InChI is InChI=1S/C14H23NO2/c1-5-12-6-8-13(9-7-12)10-15-11(2)14(16-3)17-4/h6-9,11,14-15H,5,10H2,1-4H3. The maximum Gasteiger partial charge on any atom is 0.171 e. The highest BCUT2D eigenvalue weighted by Gasteiger charge is 2.14. The van der Waals surface area contributed by atoms with Crippen molar-refractivity contribution < 1.29 is 9.47 Å². The van der Waals surface area contributed by atoms with E-state index in [9.17, 15) is 0 Å². The predicted molar refractivity (Wildman–Crippen MR) is 69.9 cm³/mol. The Hall–Kier alpha value is -0.900. The summed E-state index contributed by atoms with van der Waals surface area (Å²) in [6, 6.07) is 8.83. The van der Waals surface area contributed by atoms with E-state index in [2.05, 4.69) is 43.4 Å². The minimum atomic E-state index is -0.204. The summed E-state index contributed by atoms with van der Waals surface area (Å²) in [6.45, 7) is 5.05. The van der Waals surface area contributed by atoms with Crippen molar-refractivity contribution in [3.05, 3.63) is 35.4 Å². The van der Waals surface area contributed by atoms with Crippen LogP contribution in [0.3, 0.4) is 0 Å². The first-order chi connectivity index (χ1) is 8.21. The fourth-order valence-electron chi connectivity index (χ4n) is 1.77. The SMILES string of the molecule is CCc1ccc(CNC(C)C(OC)OC)cc1. The molecule has 0 aliphatic rings. The second-order valence-electron chi connectivity index (χ2n) is 4.18. The van der Waals surface area contributed by atoms with Crippen molar-refractivity contribution in [2.45, 2.75) is 39.1 Å². The number of hydrogen-bond acceptors (Lipinski definition) is 3. The molecule has 3 heteroatoms. The number of rotatable bonds is 7. The van der Waals surface area contributed by atoms with Gasteiger partial charge in [-0.15, -0.1) is 0 Å². The number of nitrogens with one attached hydrogen (secondary N) is 1. The third kappa shape index (κ3) is 4.46. The summed E-state index contributed by atoms with van der Waals surface area (Å²) in [7, 11) is 3.31. The molecule has 0 spiro atoms. The Morgan fingerprint density at radius 3 is 2.06 bits per heavy atom. The van der Waals surface area contributed by atoms with Gasteiger partial charge in [-0.05, 0) is 24.5 Å². The molecule has 0 aliphatic carbocycles. The van der Waals surface area contributed by atoms with Crippen molar-refractivity contribution in [1.82, 2.24) is 5.32 Å². The molecule has 17 heavy (non-hydrogen) atoms. The number of methoxy groups -OCH3 is 2. The predicted octanol–water partition coefficient (Wildman–Crippen LogP) is 2.35. The number of aryl methyl sites for hydroxylation is 1. The van der Waals surface area contributed by atoms with Crippen LogP contribution in [-0.2, 0) is 22.4 Å². The van der Waals surface area contributed by atoms with Gasteiger partial charge in [-0.1, -0.05) is 31.2 Å².